The summed E-state index contributed by atoms with van der Waals surface area (Å²) in [6.45, 7) is 2.48. The number of unbranched alkanes of at least 4 members (excludes halogenated alkanes) is 5. The van der Waals surface area contributed by atoms with Crippen molar-refractivity contribution in [3.63, 3.8) is 0 Å². The highest BCUT2D eigenvalue weighted by Gasteiger charge is 1.99. The number of ether oxygens (including phenoxy) is 1. The van der Waals surface area contributed by atoms with Gasteiger partial charge in [0, 0.05) is 12.5 Å². The highest BCUT2D eigenvalue weighted by molar-refractivity contribution is 5.79. The largest absolute Gasteiger partial charge is 0.478 e. The van der Waals surface area contributed by atoms with Crippen LogP contribution in [0.2, 0.25) is 0 Å². The van der Waals surface area contributed by atoms with E-state index in [4.69, 9.17) is 9.84 Å². The quantitative estimate of drug-likeness (QED) is 0.350. The zero-order valence-electron chi connectivity index (χ0n) is 11.2. The van der Waals surface area contributed by atoms with Gasteiger partial charge in [-0.05, 0) is 25.7 Å². The van der Waals surface area contributed by atoms with Gasteiger partial charge in [0.1, 0.15) is 0 Å². The second kappa shape index (κ2) is 12.1. The summed E-state index contributed by atoms with van der Waals surface area (Å²) < 4.78 is 5.04. The monoisotopic (exact) mass is 256 g/mol. The second-order valence-electron chi connectivity index (χ2n) is 4.27. The van der Waals surface area contributed by atoms with E-state index in [1.165, 1.54) is 6.08 Å². The molecule has 0 unspecified atom stereocenters. The molecule has 18 heavy (non-hydrogen) atoms. The Labute approximate surface area is 109 Å². The van der Waals surface area contributed by atoms with Crippen LogP contribution in [0.15, 0.2) is 12.2 Å². The summed E-state index contributed by atoms with van der Waals surface area (Å²) in [6.07, 6.45) is 10.2. The van der Waals surface area contributed by atoms with Crippen molar-refractivity contribution in [3.8, 4) is 0 Å². The molecular weight excluding hydrogens is 232 g/mol. The normalized spacial score (nSPS) is 10.7. The van der Waals surface area contributed by atoms with E-state index in [0.29, 0.717) is 13.0 Å². The van der Waals surface area contributed by atoms with Crippen molar-refractivity contribution in [1.29, 1.82) is 0 Å². The average Bonchev–Trinajstić information content (AvgIpc) is 2.31. The van der Waals surface area contributed by atoms with Crippen LogP contribution in [0, 0.1) is 0 Å². The van der Waals surface area contributed by atoms with Crippen LogP contribution in [0.25, 0.3) is 0 Å². The fourth-order valence-electron chi connectivity index (χ4n) is 1.54. The summed E-state index contributed by atoms with van der Waals surface area (Å²) in [5, 5.41) is 8.37. The maximum atomic E-state index is 11.0. The third kappa shape index (κ3) is 12.7. The van der Waals surface area contributed by atoms with E-state index < -0.39 is 5.97 Å². The predicted molar refractivity (Wildman–Crippen MR) is 70.3 cm³/mol. The SMILES string of the molecule is CCCC(=O)OCCCCCCC/C=C/C(=O)O. The topological polar surface area (TPSA) is 63.6 Å². The zero-order valence-corrected chi connectivity index (χ0v) is 11.2. The van der Waals surface area contributed by atoms with Gasteiger partial charge in [-0.1, -0.05) is 32.3 Å². The van der Waals surface area contributed by atoms with Crippen LogP contribution in [-0.4, -0.2) is 23.7 Å². The first-order chi connectivity index (χ1) is 8.66. The first kappa shape index (κ1) is 16.7. The van der Waals surface area contributed by atoms with Crippen LogP contribution in [0.4, 0.5) is 0 Å². The van der Waals surface area contributed by atoms with Gasteiger partial charge in [0.2, 0.25) is 0 Å². The average molecular weight is 256 g/mol. The Hall–Kier alpha value is -1.32. The minimum Gasteiger partial charge on any atom is -0.478 e. The highest BCUT2D eigenvalue weighted by Crippen LogP contribution is 2.06. The summed E-state index contributed by atoms with van der Waals surface area (Å²) in [4.78, 5) is 21.2. The Balaban J connectivity index is 3.16. The molecule has 4 nitrogen and oxygen atoms in total. The van der Waals surface area contributed by atoms with Crippen LogP contribution in [0.3, 0.4) is 0 Å². The molecule has 0 heterocycles. The molecule has 0 aliphatic heterocycles. The number of carbonyl (C=O) groups excluding carboxylic acids is 1. The van der Waals surface area contributed by atoms with Crippen molar-refractivity contribution in [3.05, 3.63) is 12.2 Å². The summed E-state index contributed by atoms with van der Waals surface area (Å²) in [7, 11) is 0. The number of allylic oxidation sites excluding steroid dienone is 1. The lowest BCUT2D eigenvalue weighted by atomic mass is 10.1. The van der Waals surface area contributed by atoms with Gasteiger partial charge in [-0.2, -0.15) is 0 Å². The first-order valence-electron chi connectivity index (χ1n) is 6.72. The molecule has 104 valence electrons. The molecule has 0 amide bonds. The van der Waals surface area contributed by atoms with E-state index in [-0.39, 0.29) is 5.97 Å². The Morgan fingerprint density at radius 1 is 1.11 bits per heavy atom. The van der Waals surface area contributed by atoms with Gasteiger partial charge in [0.25, 0.3) is 0 Å². The molecule has 0 radical (unpaired) electrons. The summed E-state index contributed by atoms with van der Waals surface area (Å²) >= 11 is 0. The minimum atomic E-state index is -0.885. The molecule has 0 atom stereocenters. The van der Waals surface area contributed by atoms with Crippen LogP contribution in [0.5, 0.6) is 0 Å². The molecule has 0 aromatic heterocycles. The van der Waals surface area contributed by atoms with Crippen molar-refractivity contribution in [2.45, 2.75) is 58.3 Å². The van der Waals surface area contributed by atoms with Gasteiger partial charge in [-0.25, -0.2) is 4.79 Å². The van der Waals surface area contributed by atoms with Crippen molar-refractivity contribution in [2.24, 2.45) is 0 Å². The van der Waals surface area contributed by atoms with Gasteiger partial charge in [0.05, 0.1) is 6.61 Å². The van der Waals surface area contributed by atoms with Gasteiger partial charge in [-0.3, -0.25) is 4.79 Å². The van der Waals surface area contributed by atoms with Crippen molar-refractivity contribution in [2.75, 3.05) is 6.61 Å². The maximum Gasteiger partial charge on any atom is 0.327 e. The Bertz CT molecular complexity index is 259. The molecule has 0 aliphatic rings. The number of carbonyl (C=O) groups is 2. The third-order valence-corrected chi connectivity index (χ3v) is 2.49. The van der Waals surface area contributed by atoms with Crippen LogP contribution in [-0.2, 0) is 14.3 Å². The Morgan fingerprint density at radius 3 is 2.44 bits per heavy atom. The molecule has 0 aromatic carbocycles. The number of aliphatic carboxylic acids is 1. The third-order valence-electron chi connectivity index (χ3n) is 2.49. The summed E-state index contributed by atoms with van der Waals surface area (Å²) in [5.74, 6) is -0.986. The number of rotatable bonds is 11. The fourth-order valence-corrected chi connectivity index (χ4v) is 1.54. The molecule has 0 spiro atoms. The fraction of sp³-hybridized carbons (Fsp3) is 0.714. The lowest BCUT2D eigenvalue weighted by molar-refractivity contribution is -0.143. The van der Waals surface area contributed by atoms with E-state index in [0.717, 1.165) is 44.9 Å². The number of hydrogen-bond donors (Lipinski definition) is 1. The first-order valence-corrected chi connectivity index (χ1v) is 6.72. The second-order valence-corrected chi connectivity index (χ2v) is 4.27. The number of carboxylic acid groups (broad SMARTS) is 1. The Morgan fingerprint density at radius 2 is 1.78 bits per heavy atom. The smallest absolute Gasteiger partial charge is 0.327 e. The summed E-state index contributed by atoms with van der Waals surface area (Å²) in [6, 6.07) is 0. The molecule has 0 fully saturated rings. The molecule has 0 bridgehead atoms. The number of esters is 1. The standard InChI is InChI=1S/C14H24O4/c1-2-10-14(17)18-12-9-7-5-3-4-6-8-11-13(15)16/h8,11H,2-7,9-10,12H2,1H3,(H,15,16)/b11-8+. The van der Waals surface area contributed by atoms with E-state index in [1.54, 1.807) is 6.08 Å². The lowest BCUT2D eigenvalue weighted by Gasteiger charge is -2.03. The minimum absolute atomic E-state index is 0.101. The van der Waals surface area contributed by atoms with Crippen molar-refractivity contribution < 1.29 is 19.4 Å². The van der Waals surface area contributed by atoms with Gasteiger partial charge in [-0.15, -0.1) is 0 Å². The zero-order chi connectivity index (χ0) is 13.6. The van der Waals surface area contributed by atoms with Gasteiger partial charge >= 0.3 is 11.9 Å². The van der Waals surface area contributed by atoms with Gasteiger partial charge < -0.3 is 9.84 Å². The molecule has 0 aliphatic carbocycles. The maximum absolute atomic E-state index is 11.0. The van der Waals surface area contributed by atoms with Crippen molar-refractivity contribution >= 4 is 11.9 Å². The molecule has 0 rings (SSSR count). The molecule has 0 saturated heterocycles. The molecule has 0 aromatic rings. The molecular formula is C14H24O4. The Kier molecular flexibility index (Phi) is 11.3. The van der Waals surface area contributed by atoms with E-state index in [2.05, 4.69) is 0 Å². The molecule has 0 saturated carbocycles. The summed E-state index contributed by atoms with van der Waals surface area (Å²) in [5.41, 5.74) is 0. The molecule has 4 heteroatoms. The number of hydrogen-bond acceptors (Lipinski definition) is 3. The van der Waals surface area contributed by atoms with Crippen LogP contribution >= 0.6 is 0 Å². The number of carboxylic acids is 1. The van der Waals surface area contributed by atoms with E-state index >= 15 is 0 Å². The highest BCUT2D eigenvalue weighted by atomic mass is 16.5. The van der Waals surface area contributed by atoms with Gasteiger partial charge in [0.15, 0.2) is 0 Å². The van der Waals surface area contributed by atoms with Crippen molar-refractivity contribution in [1.82, 2.24) is 0 Å². The lowest BCUT2D eigenvalue weighted by Crippen LogP contribution is -2.04. The molecule has 1 N–H and O–H groups in total. The van der Waals surface area contributed by atoms with E-state index in [1.807, 2.05) is 6.92 Å². The van der Waals surface area contributed by atoms with E-state index in [9.17, 15) is 9.59 Å². The van der Waals surface area contributed by atoms with Crippen LogP contribution < -0.4 is 0 Å². The van der Waals surface area contributed by atoms with Crippen LogP contribution in [0.1, 0.15) is 58.3 Å². The predicted octanol–water partition coefficient (Wildman–Crippen LogP) is 3.31.